The number of nitrogens with zero attached hydrogens (tertiary/aromatic N) is 3. The summed E-state index contributed by atoms with van der Waals surface area (Å²) in [5.74, 6) is 0.604. The third-order valence-corrected chi connectivity index (χ3v) is 4.52. The van der Waals surface area contributed by atoms with Crippen LogP contribution in [0.5, 0.6) is 5.75 Å². The number of ether oxygens (including phenoxy) is 1. The van der Waals surface area contributed by atoms with E-state index in [1.54, 1.807) is 7.11 Å². The third kappa shape index (κ3) is 3.71. The van der Waals surface area contributed by atoms with Crippen molar-refractivity contribution >= 4 is 11.6 Å². The maximum absolute atomic E-state index is 12.5. The summed E-state index contributed by atoms with van der Waals surface area (Å²) in [6.07, 6.45) is 1.80. The van der Waals surface area contributed by atoms with E-state index in [4.69, 9.17) is 9.57 Å². The van der Waals surface area contributed by atoms with Gasteiger partial charge in [0, 0.05) is 24.7 Å². The summed E-state index contributed by atoms with van der Waals surface area (Å²) in [5.41, 5.74) is 3.61. The molecule has 0 saturated heterocycles. The Morgan fingerprint density at radius 2 is 2.15 bits per heavy atom. The van der Waals surface area contributed by atoms with Crippen molar-refractivity contribution in [2.75, 3.05) is 7.11 Å². The maximum atomic E-state index is 12.5. The normalized spacial score (nSPS) is 17.4. The number of hydrogen-bond donors (Lipinski definition) is 1. The second kappa shape index (κ2) is 7.59. The molecular formula is C19H24N4O3. The summed E-state index contributed by atoms with van der Waals surface area (Å²) in [6, 6.07) is 7.40. The Hall–Kier alpha value is -2.83. The number of benzene rings is 1. The van der Waals surface area contributed by atoms with Crippen LogP contribution in [0.4, 0.5) is 0 Å². The number of nitrogens with one attached hydrogen (secondary N) is 1. The van der Waals surface area contributed by atoms with E-state index in [1.165, 1.54) is 0 Å². The minimum absolute atomic E-state index is 0.142. The molecule has 1 aromatic heterocycles. The Morgan fingerprint density at radius 1 is 1.42 bits per heavy atom. The molecule has 1 aliphatic rings. The van der Waals surface area contributed by atoms with Crippen LogP contribution in [0.25, 0.3) is 0 Å². The van der Waals surface area contributed by atoms with E-state index in [0.717, 1.165) is 34.8 Å². The van der Waals surface area contributed by atoms with Gasteiger partial charge in [0.05, 0.1) is 24.6 Å². The van der Waals surface area contributed by atoms with Crippen LogP contribution in [-0.2, 0) is 16.2 Å². The first kappa shape index (κ1) is 18.0. The predicted octanol–water partition coefficient (Wildman–Crippen LogP) is 2.59. The fraction of sp³-hybridized carbons (Fsp3) is 0.421. The minimum atomic E-state index is -0.615. The second-order valence-corrected chi connectivity index (χ2v) is 6.32. The largest absolute Gasteiger partial charge is 0.497 e. The zero-order chi connectivity index (χ0) is 18.7. The lowest BCUT2D eigenvalue weighted by atomic mass is 10.0. The fourth-order valence-corrected chi connectivity index (χ4v) is 2.98. The lowest BCUT2D eigenvalue weighted by Gasteiger charge is -2.15. The van der Waals surface area contributed by atoms with Gasteiger partial charge in [-0.05, 0) is 50.6 Å². The van der Waals surface area contributed by atoms with Crippen molar-refractivity contribution in [3.05, 3.63) is 47.3 Å². The maximum Gasteiger partial charge on any atom is 0.264 e. The Kier molecular flexibility index (Phi) is 5.25. The number of methoxy groups -OCH3 is 1. The summed E-state index contributed by atoms with van der Waals surface area (Å²) >= 11 is 0. The number of aromatic nitrogens is 2. The highest BCUT2D eigenvalue weighted by Crippen LogP contribution is 2.21. The number of carbonyl (C=O) groups excluding carboxylic acids is 1. The average Bonchev–Trinajstić information content (AvgIpc) is 3.28. The van der Waals surface area contributed by atoms with E-state index in [9.17, 15) is 4.79 Å². The molecule has 1 amide bonds. The van der Waals surface area contributed by atoms with Crippen molar-refractivity contribution in [2.24, 2.45) is 5.16 Å². The molecule has 0 spiro atoms. The van der Waals surface area contributed by atoms with E-state index < -0.39 is 6.10 Å². The molecule has 0 radical (unpaired) electrons. The standard InChI is InChI=1S/C19H24N4O3/c1-5-23-11-16(13(3)21-23)12(2)20-19(24)18-10-17(22-26-18)14-6-8-15(25-4)9-7-14/h6-9,11-12,18H,5,10H2,1-4H3,(H,20,24). The monoisotopic (exact) mass is 356 g/mol. The van der Waals surface area contributed by atoms with Crippen molar-refractivity contribution in [3.63, 3.8) is 0 Å². The van der Waals surface area contributed by atoms with E-state index in [2.05, 4.69) is 15.6 Å². The molecule has 26 heavy (non-hydrogen) atoms. The van der Waals surface area contributed by atoms with Crippen LogP contribution >= 0.6 is 0 Å². The van der Waals surface area contributed by atoms with E-state index in [0.29, 0.717) is 6.42 Å². The van der Waals surface area contributed by atoms with Gasteiger partial charge in [-0.2, -0.15) is 5.10 Å². The van der Waals surface area contributed by atoms with Crippen LogP contribution < -0.4 is 10.1 Å². The molecule has 2 unspecified atom stereocenters. The van der Waals surface area contributed by atoms with E-state index in [1.807, 2.05) is 55.9 Å². The summed E-state index contributed by atoms with van der Waals surface area (Å²) in [7, 11) is 1.62. The highest BCUT2D eigenvalue weighted by molar-refractivity contribution is 6.04. The van der Waals surface area contributed by atoms with Crippen LogP contribution in [0.15, 0.2) is 35.6 Å². The van der Waals surface area contributed by atoms with Gasteiger partial charge in [0.15, 0.2) is 0 Å². The number of aryl methyl sites for hydroxylation is 2. The molecule has 1 aromatic carbocycles. The molecule has 2 aromatic rings. The molecule has 3 rings (SSSR count). The molecule has 7 nitrogen and oxygen atoms in total. The van der Waals surface area contributed by atoms with Gasteiger partial charge in [0.2, 0.25) is 6.10 Å². The number of amides is 1. The number of oxime groups is 1. The minimum Gasteiger partial charge on any atom is -0.497 e. The van der Waals surface area contributed by atoms with E-state index in [-0.39, 0.29) is 11.9 Å². The summed E-state index contributed by atoms with van der Waals surface area (Å²) in [5, 5.41) is 11.5. The van der Waals surface area contributed by atoms with Crippen LogP contribution in [0.1, 0.15) is 43.1 Å². The summed E-state index contributed by atoms with van der Waals surface area (Å²) < 4.78 is 7.02. The van der Waals surface area contributed by atoms with Gasteiger partial charge in [-0.15, -0.1) is 0 Å². The molecule has 2 atom stereocenters. The molecule has 0 fully saturated rings. The Balaban J connectivity index is 1.60. The molecular weight excluding hydrogens is 332 g/mol. The summed E-state index contributed by atoms with van der Waals surface area (Å²) in [6.45, 7) is 6.72. The average molecular weight is 356 g/mol. The van der Waals surface area contributed by atoms with Gasteiger partial charge in [-0.1, -0.05) is 5.16 Å². The third-order valence-electron chi connectivity index (χ3n) is 4.52. The predicted molar refractivity (Wildman–Crippen MR) is 98.2 cm³/mol. The smallest absolute Gasteiger partial charge is 0.264 e. The second-order valence-electron chi connectivity index (χ2n) is 6.32. The van der Waals surface area contributed by atoms with Crippen molar-refractivity contribution in [2.45, 2.75) is 45.9 Å². The van der Waals surface area contributed by atoms with Gasteiger partial charge < -0.3 is 14.9 Å². The van der Waals surface area contributed by atoms with Gasteiger partial charge >= 0.3 is 0 Å². The van der Waals surface area contributed by atoms with Crippen molar-refractivity contribution in [1.29, 1.82) is 0 Å². The Bertz CT molecular complexity index is 811. The molecule has 0 bridgehead atoms. The molecule has 1 N–H and O–H groups in total. The zero-order valence-corrected chi connectivity index (χ0v) is 15.5. The molecule has 0 aliphatic carbocycles. The first-order valence-electron chi connectivity index (χ1n) is 8.73. The quantitative estimate of drug-likeness (QED) is 0.863. The molecule has 7 heteroatoms. The van der Waals surface area contributed by atoms with Crippen molar-refractivity contribution in [3.8, 4) is 5.75 Å². The fourth-order valence-electron chi connectivity index (χ4n) is 2.98. The van der Waals surface area contributed by atoms with Gasteiger partial charge in [-0.25, -0.2) is 0 Å². The molecule has 0 saturated carbocycles. The summed E-state index contributed by atoms with van der Waals surface area (Å²) in [4.78, 5) is 17.9. The van der Waals surface area contributed by atoms with E-state index >= 15 is 0 Å². The lowest BCUT2D eigenvalue weighted by molar-refractivity contribution is -0.131. The number of rotatable bonds is 6. The molecule has 2 heterocycles. The van der Waals surface area contributed by atoms with Gasteiger partial charge in [0.1, 0.15) is 5.75 Å². The Labute approximate surface area is 153 Å². The highest BCUT2D eigenvalue weighted by Gasteiger charge is 2.30. The van der Waals surface area contributed by atoms with Gasteiger partial charge in [0.25, 0.3) is 5.91 Å². The molecule has 1 aliphatic heterocycles. The van der Waals surface area contributed by atoms with Crippen LogP contribution in [0.3, 0.4) is 0 Å². The van der Waals surface area contributed by atoms with Gasteiger partial charge in [-0.3, -0.25) is 9.48 Å². The lowest BCUT2D eigenvalue weighted by Crippen LogP contribution is -2.36. The van der Waals surface area contributed by atoms with Crippen molar-refractivity contribution < 1.29 is 14.4 Å². The van der Waals surface area contributed by atoms with Crippen molar-refractivity contribution in [1.82, 2.24) is 15.1 Å². The SMILES string of the molecule is CCn1cc(C(C)NC(=O)C2CC(c3ccc(OC)cc3)=NO2)c(C)n1. The van der Waals surface area contributed by atoms with Crippen LogP contribution in [-0.4, -0.2) is 34.6 Å². The Morgan fingerprint density at radius 3 is 2.77 bits per heavy atom. The first-order valence-corrected chi connectivity index (χ1v) is 8.73. The topological polar surface area (TPSA) is 77.7 Å². The van der Waals surface area contributed by atoms with Crippen LogP contribution in [0, 0.1) is 6.92 Å². The number of hydrogen-bond acceptors (Lipinski definition) is 5. The first-order chi connectivity index (χ1) is 12.5. The zero-order valence-electron chi connectivity index (χ0n) is 15.5. The van der Waals surface area contributed by atoms with Crippen LogP contribution in [0.2, 0.25) is 0 Å². The highest BCUT2D eigenvalue weighted by atomic mass is 16.6. The molecule has 138 valence electrons. The number of carbonyl (C=O) groups is 1.